The number of hydrogen-bond acceptors (Lipinski definition) is 4. The molecule has 0 aliphatic heterocycles. The highest BCUT2D eigenvalue weighted by Crippen LogP contribution is 2.57. The van der Waals surface area contributed by atoms with Crippen molar-refractivity contribution in [2.75, 3.05) is 0 Å². The van der Waals surface area contributed by atoms with E-state index in [1.165, 1.54) is 0 Å². The Morgan fingerprint density at radius 3 is 2.38 bits per heavy atom. The molecule has 3 rings (SSSR count). The number of benzene rings is 1. The van der Waals surface area contributed by atoms with Gasteiger partial charge in [-0.1, -0.05) is 32.9 Å². The number of Topliss-reactive ketones (excluding diaryl/α,β-unsaturated/α-hetero) is 1. The molecule has 0 radical (unpaired) electrons. The number of aliphatic hydroxyl groups excluding tert-OH is 2. The third-order valence-electron chi connectivity index (χ3n) is 6.46. The van der Waals surface area contributed by atoms with E-state index in [0.29, 0.717) is 24.0 Å². The number of rotatable bonds is 1. The smallest absolute Gasteiger partial charge is 0.163 e. The highest BCUT2D eigenvalue weighted by atomic mass is 16.3. The molecule has 0 amide bonds. The fraction of sp³-hybridized carbons (Fsp3) is 0.650. The molecular weight excluding hydrogens is 304 g/mol. The molecule has 1 fully saturated rings. The lowest BCUT2D eigenvalue weighted by molar-refractivity contribution is -0.138. The molecule has 1 aromatic rings. The molecule has 0 unspecified atom stereocenters. The van der Waals surface area contributed by atoms with Crippen LogP contribution in [-0.4, -0.2) is 33.3 Å². The Kier molecular flexibility index (Phi) is 3.76. The van der Waals surface area contributed by atoms with Gasteiger partial charge in [0.1, 0.15) is 0 Å². The van der Waals surface area contributed by atoms with Crippen LogP contribution in [0.3, 0.4) is 0 Å². The second-order valence-electron chi connectivity index (χ2n) is 8.95. The van der Waals surface area contributed by atoms with Gasteiger partial charge in [0.15, 0.2) is 5.78 Å². The maximum atomic E-state index is 12.8. The summed E-state index contributed by atoms with van der Waals surface area (Å²) in [6.45, 7) is 9.37. The van der Waals surface area contributed by atoms with Gasteiger partial charge in [-0.2, -0.15) is 0 Å². The third kappa shape index (κ3) is 2.35. The van der Waals surface area contributed by atoms with Gasteiger partial charge in [-0.25, -0.2) is 0 Å². The van der Waals surface area contributed by atoms with Crippen LogP contribution in [0.15, 0.2) is 18.2 Å². The predicted octanol–water partition coefficient (Wildman–Crippen LogP) is 2.53. The molecule has 4 atom stereocenters. The first kappa shape index (κ1) is 17.6. The average molecular weight is 332 g/mol. The van der Waals surface area contributed by atoms with Gasteiger partial charge in [0.05, 0.1) is 17.8 Å². The van der Waals surface area contributed by atoms with E-state index in [2.05, 4.69) is 6.92 Å². The Balaban J connectivity index is 2.17. The Bertz CT molecular complexity index is 685. The second kappa shape index (κ2) is 5.13. The Labute approximate surface area is 143 Å². The summed E-state index contributed by atoms with van der Waals surface area (Å²) in [6, 6.07) is 5.58. The number of ketones is 1. The first-order chi connectivity index (χ1) is 10.9. The number of carbonyl (C=O) groups excluding carboxylic acids is 1. The minimum absolute atomic E-state index is 0.0311. The molecule has 1 saturated carbocycles. The van der Waals surface area contributed by atoms with Crippen molar-refractivity contribution in [1.29, 1.82) is 0 Å². The van der Waals surface area contributed by atoms with Gasteiger partial charge in [0.25, 0.3) is 0 Å². The maximum Gasteiger partial charge on any atom is 0.163 e. The summed E-state index contributed by atoms with van der Waals surface area (Å²) in [7, 11) is 0. The van der Waals surface area contributed by atoms with E-state index in [0.717, 1.165) is 5.56 Å². The minimum Gasteiger partial charge on any atom is -0.390 e. The van der Waals surface area contributed by atoms with E-state index >= 15 is 0 Å². The average Bonchev–Trinajstić information content (AvgIpc) is 2.47. The van der Waals surface area contributed by atoms with Gasteiger partial charge < -0.3 is 15.3 Å². The zero-order valence-corrected chi connectivity index (χ0v) is 15.1. The third-order valence-corrected chi connectivity index (χ3v) is 6.46. The monoisotopic (exact) mass is 332 g/mol. The van der Waals surface area contributed by atoms with E-state index in [-0.39, 0.29) is 17.1 Å². The van der Waals surface area contributed by atoms with Crippen LogP contribution in [-0.2, 0) is 11.0 Å². The zero-order valence-electron chi connectivity index (χ0n) is 15.1. The number of carbonyl (C=O) groups is 1. The number of fused-ring (bicyclic) bond motifs is 3. The van der Waals surface area contributed by atoms with Crippen LogP contribution in [0.1, 0.15) is 68.9 Å². The summed E-state index contributed by atoms with van der Waals surface area (Å²) in [4.78, 5) is 12.8. The van der Waals surface area contributed by atoms with Crippen LogP contribution in [0.2, 0.25) is 0 Å². The van der Waals surface area contributed by atoms with Gasteiger partial charge in [-0.3, -0.25) is 4.79 Å². The van der Waals surface area contributed by atoms with E-state index in [1.807, 2.05) is 26.0 Å². The lowest BCUT2D eigenvalue weighted by Gasteiger charge is -2.57. The van der Waals surface area contributed by atoms with Crippen molar-refractivity contribution in [3.05, 3.63) is 34.9 Å². The maximum absolute atomic E-state index is 12.8. The topological polar surface area (TPSA) is 77.8 Å². The van der Waals surface area contributed by atoms with Crippen molar-refractivity contribution < 1.29 is 20.1 Å². The first-order valence-corrected chi connectivity index (χ1v) is 8.66. The first-order valence-electron chi connectivity index (χ1n) is 8.66. The van der Waals surface area contributed by atoms with Crippen molar-refractivity contribution in [2.45, 2.75) is 70.7 Å². The summed E-state index contributed by atoms with van der Waals surface area (Å²) in [5, 5.41) is 31.1. The second-order valence-corrected chi connectivity index (χ2v) is 8.95. The summed E-state index contributed by atoms with van der Waals surface area (Å²) in [6.07, 6.45) is -0.850. The quantitative estimate of drug-likeness (QED) is 0.738. The molecule has 2 aliphatic carbocycles. The summed E-state index contributed by atoms with van der Waals surface area (Å²) in [5.41, 5.74) is 0.364. The summed E-state index contributed by atoms with van der Waals surface area (Å²) >= 11 is 0. The largest absolute Gasteiger partial charge is 0.390 e. The van der Waals surface area contributed by atoms with Gasteiger partial charge in [0, 0.05) is 12.0 Å². The van der Waals surface area contributed by atoms with Crippen molar-refractivity contribution >= 4 is 5.78 Å². The molecule has 4 heteroatoms. The SMILES string of the molecule is CC(C)(O)c1ccc2c(c1)C(=O)C[C@@H]1C(C)(C)[C@H](O)[C@@H](O)C[C@@]21C. The van der Waals surface area contributed by atoms with Crippen molar-refractivity contribution in [3.63, 3.8) is 0 Å². The molecule has 3 N–H and O–H groups in total. The molecule has 0 heterocycles. The summed E-state index contributed by atoms with van der Waals surface area (Å²) < 4.78 is 0. The van der Waals surface area contributed by atoms with Crippen LogP contribution in [0.4, 0.5) is 0 Å². The fourth-order valence-electron chi connectivity index (χ4n) is 4.95. The van der Waals surface area contributed by atoms with E-state index in [4.69, 9.17) is 0 Å². The molecule has 132 valence electrons. The molecule has 4 nitrogen and oxygen atoms in total. The van der Waals surface area contributed by atoms with E-state index in [9.17, 15) is 20.1 Å². The van der Waals surface area contributed by atoms with Crippen molar-refractivity contribution in [2.24, 2.45) is 11.3 Å². The summed E-state index contributed by atoms with van der Waals surface area (Å²) in [5.74, 6) is 0.0200. The Morgan fingerprint density at radius 2 is 1.79 bits per heavy atom. The molecular formula is C20H28O4. The minimum atomic E-state index is -1.01. The van der Waals surface area contributed by atoms with Crippen LogP contribution < -0.4 is 0 Å². The predicted molar refractivity (Wildman–Crippen MR) is 91.9 cm³/mol. The van der Waals surface area contributed by atoms with Gasteiger partial charge in [-0.05, 0) is 54.2 Å². The Hall–Kier alpha value is -1.23. The zero-order chi connectivity index (χ0) is 18.1. The highest BCUT2D eigenvalue weighted by Gasteiger charge is 2.58. The van der Waals surface area contributed by atoms with Gasteiger partial charge >= 0.3 is 0 Å². The number of aliphatic hydroxyl groups is 3. The fourth-order valence-corrected chi connectivity index (χ4v) is 4.95. The molecule has 1 aromatic carbocycles. The standard InChI is InChI=1S/C20H28O4/c1-18(2)16-9-14(21)12-8-11(19(3,4)24)6-7-13(12)20(16,5)10-15(22)17(18)23/h6-8,15-17,22-24H,9-10H2,1-5H3/t15-,16+,17+,20-/m0/s1. The van der Waals surface area contributed by atoms with Crippen molar-refractivity contribution in [1.82, 2.24) is 0 Å². The number of hydrogen-bond donors (Lipinski definition) is 3. The van der Waals surface area contributed by atoms with Crippen LogP contribution in [0.5, 0.6) is 0 Å². The normalized spacial score (nSPS) is 35.3. The van der Waals surface area contributed by atoms with Crippen LogP contribution >= 0.6 is 0 Å². The molecule has 0 bridgehead atoms. The van der Waals surface area contributed by atoms with E-state index in [1.54, 1.807) is 19.9 Å². The van der Waals surface area contributed by atoms with E-state index < -0.39 is 23.2 Å². The molecule has 2 aliphatic rings. The molecule has 0 saturated heterocycles. The van der Waals surface area contributed by atoms with Crippen LogP contribution in [0.25, 0.3) is 0 Å². The lowest BCUT2D eigenvalue weighted by atomic mass is 9.48. The van der Waals surface area contributed by atoms with Crippen molar-refractivity contribution in [3.8, 4) is 0 Å². The molecule has 0 aromatic heterocycles. The van der Waals surface area contributed by atoms with Gasteiger partial charge in [0.2, 0.25) is 0 Å². The molecule has 24 heavy (non-hydrogen) atoms. The Morgan fingerprint density at radius 1 is 1.17 bits per heavy atom. The van der Waals surface area contributed by atoms with Gasteiger partial charge in [-0.15, -0.1) is 0 Å². The highest BCUT2D eigenvalue weighted by molar-refractivity contribution is 5.99. The lowest BCUT2D eigenvalue weighted by Crippen LogP contribution is -2.60. The van der Waals surface area contributed by atoms with Crippen LogP contribution in [0, 0.1) is 11.3 Å². The molecule has 0 spiro atoms.